The first-order chi connectivity index (χ1) is 13.7. The summed E-state index contributed by atoms with van der Waals surface area (Å²) in [4.78, 5) is 8.83. The van der Waals surface area contributed by atoms with E-state index in [9.17, 15) is 4.39 Å². The molecule has 0 spiro atoms. The zero-order chi connectivity index (χ0) is 19.3. The molecule has 0 amide bonds. The Balaban J connectivity index is 1.64. The van der Waals surface area contributed by atoms with Crippen LogP contribution in [-0.2, 0) is 0 Å². The van der Waals surface area contributed by atoms with Gasteiger partial charge in [-0.2, -0.15) is 4.98 Å². The van der Waals surface area contributed by atoms with Crippen LogP contribution in [0.1, 0.15) is 5.56 Å². The summed E-state index contributed by atoms with van der Waals surface area (Å²) in [6, 6.07) is 24.1. The quantitative estimate of drug-likeness (QED) is 0.447. The van der Waals surface area contributed by atoms with E-state index in [1.54, 1.807) is 18.3 Å². The predicted octanol–water partition coefficient (Wildman–Crippen LogP) is 6.08. The van der Waals surface area contributed by atoms with E-state index in [4.69, 9.17) is 0 Å². The fourth-order valence-electron chi connectivity index (χ4n) is 3.05. The van der Waals surface area contributed by atoms with Gasteiger partial charge in [-0.15, -0.1) is 0 Å². The molecule has 4 nitrogen and oxygen atoms in total. The van der Waals surface area contributed by atoms with E-state index in [0.717, 1.165) is 28.1 Å². The van der Waals surface area contributed by atoms with Crippen LogP contribution < -0.4 is 10.6 Å². The second-order valence-corrected chi connectivity index (χ2v) is 6.39. The zero-order valence-electron chi connectivity index (χ0n) is 15.4. The summed E-state index contributed by atoms with van der Waals surface area (Å²) in [5, 5.41) is 6.56. The molecule has 4 rings (SSSR count). The van der Waals surface area contributed by atoms with Crippen molar-refractivity contribution in [1.29, 1.82) is 0 Å². The number of aryl methyl sites for hydroxylation is 1. The number of rotatable bonds is 5. The van der Waals surface area contributed by atoms with Gasteiger partial charge in [-0.25, -0.2) is 9.37 Å². The molecule has 0 unspecified atom stereocenters. The minimum Gasteiger partial charge on any atom is -0.340 e. The van der Waals surface area contributed by atoms with Gasteiger partial charge >= 0.3 is 0 Å². The first kappa shape index (κ1) is 17.7. The molecule has 0 saturated heterocycles. The van der Waals surface area contributed by atoms with Gasteiger partial charge in [0.25, 0.3) is 0 Å². The van der Waals surface area contributed by atoms with Crippen molar-refractivity contribution in [2.75, 3.05) is 10.6 Å². The summed E-state index contributed by atoms with van der Waals surface area (Å²) >= 11 is 0. The number of benzene rings is 3. The van der Waals surface area contributed by atoms with Crippen molar-refractivity contribution < 1.29 is 4.39 Å². The molecule has 28 heavy (non-hydrogen) atoms. The Kier molecular flexibility index (Phi) is 4.97. The van der Waals surface area contributed by atoms with Crippen molar-refractivity contribution in [2.45, 2.75) is 6.92 Å². The summed E-state index contributed by atoms with van der Waals surface area (Å²) < 4.78 is 13.3. The molecule has 1 aromatic heterocycles. The Morgan fingerprint density at radius 1 is 0.786 bits per heavy atom. The van der Waals surface area contributed by atoms with Crippen LogP contribution in [0.25, 0.3) is 11.1 Å². The maximum absolute atomic E-state index is 13.3. The maximum atomic E-state index is 13.3. The Morgan fingerprint density at radius 2 is 1.57 bits per heavy atom. The third kappa shape index (κ3) is 3.99. The molecule has 138 valence electrons. The van der Waals surface area contributed by atoms with Crippen molar-refractivity contribution in [3.05, 3.63) is 96.4 Å². The minimum absolute atomic E-state index is 0.251. The predicted molar refractivity (Wildman–Crippen MR) is 112 cm³/mol. The van der Waals surface area contributed by atoms with E-state index in [0.29, 0.717) is 11.8 Å². The van der Waals surface area contributed by atoms with Gasteiger partial charge in [0.05, 0.1) is 0 Å². The van der Waals surface area contributed by atoms with Gasteiger partial charge in [0.2, 0.25) is 5.95 Å². The van der Waals surface area contributed by atoms with Crippen LogP contribution in [0, 0.1) is 12.7 Å². The number of anilines is 4. The van der Waals surface area contributed by atoms with E-state index in [-0.39, 0.29) is 5.82 Å². The number of para-hydroxylation sites is 1. The normalized spacial score (nSPS) is 10.5. The largest absolute Gasteiger partial charge is 0.340 e. The summed E-state index contributed by atoms with van der Waals surface area (Å²) in [5.41, 5.74) is 4.86. The Labute approximate surface area is 163 Å². The third-order valence-electron chi connectivity index (χ3n) is 4.35. The van der Waals surface area contributed by atoms with Crippen LogP contribution in [0.5, 0.6) is 0 Å². The summed E-state index contributed by atoms with van der Waals surface area (Å²) in [5.74, 6) is 0.925. The molecule has 4 aromatic rings. The molecule has 0 fully saturated rings. The molecule has 1 heterocycles. The average Bonchev–Trinajstić information content (AvgIpc) is 2.70. The molecular formula is C23H19FN4. The van der Waals surface area contributed by atoms with Crippen LogP contribution in [0.2, 0.25) is 0 Å². The molecule has 3 aromatic carbocycles. The lowest BCUT2D eigenvalue weighted by Crippen LogP contribution is -2.01. The SMILES string of the molecule is Cc1cccc(Nc2ccnc(Nc3ccccc3)n2)c1-c1ccc(F)cc1. The summed E-state index contributed by atoms with van der Waals surface area (Å²) in [7, 11) is 0. The molecule has 0 bridgehead atoms. The van der Waals surface area contributed by atoms with Gasteiger partial charge in [-0.3, -0.25) is 0 Å². The maximum Gasteiger partial charge on any atom is 0.229 e. The van der Waals surface area contributed by atoms with Gasteiger partial charge < -0.3 is 10.6 Å². The molecule has 0 aliphatic heterocycles. The molecule has 2 N–H and O–H groups in total. The molecule has 0 saturated carbocycles. The van der Waals surface area contributed by atoms with Gasteiger partial charge in [-0.1, -0.05) is 42.5 Å². The van der Waals surface area contributed by atoms with Crippen LogP contribution in [0.4, 0.5) is 27.5 Å². The van der Waals surface area contributed by atoms with Crippen molar-refractivity contribution in [3.8, 4) is 11.1 Å². The fourth-order valence-corrected chi connectivity index (χ4v) is 3.05. The molecule has 0 atom stereocenters. The van der Waals surface area contributed by atoms with Crippen molar-refractivity contribution in [2.24, 2.45) is 0 Å². The fraction of sp³-hybridized carbons (Fsp3) is 0.0435. The molecule has 0 aliphatic rings. The monoisotopic (exact) mass is 370 g/mol. The second-order valence-electron chi connectivity index (χ2n) is 6.39. The van der Waals surface area contributed by atoms with Crippen LogP contribution >= 0.6 is 0 Å². The standard InChI is InChI=1S/C23H19FN4/c1-16-6-5-9-20(22(16)17-10-12-18(24)13-11-17)27-21-14-15-25-23(28-21)26-19-7-3-2-4-8-19/h2-15H,1H3,(H2,25,26,27,28). The first-order valence-electron chi connectivity index (χ1n) is 8.97. The number of hydrogen-bond acceptors (Lipinski definition) is 4. The highest BCUT2D eigenvalue weighted by Gasteiger charge is 2.10. The van der Waals surface area contributed by atoms with E-state index < -0.39 is 0 Å². The topological polar surface area (TPSA) is 49.8 Å². The van der Waals surface area contributed by atoms with Gasteiger partial charge in [-0.05, 0) is 54.4 Å². The zero-order valence-corrected chi connectivity index (χ0v) is 15.4. The lowest BCUT2D eigenvalue weighted by atomic mass is 9.98. The lowest BCUT2D eigenvalue weighted by molar-refractivity contribution is 0.628. The highest BCUT2D eigenvalue weighted by atomic mass is 19.1. The number of hydrogen-bond donors (Lipinski definition) is 2. The third-order valence-corrected chi connectivity index (χ3v) is 4.35. The van der Waals surface area contributed by atoms with E-state index >= 15 is 0 Å². The van der Waals surface area contributed by atoms with Gasteiger partial charge in [0.15, 0.2) is 0 Å². The van der Waals surface area contributed by atoms with Crippen molar-refractivity contribution in [1.82, 2.24) is 9.97 Å². The molecule has 5 heteroatoms. The van der Waals surface area contributed by atoms with Crippen LogP contribution in [0.15, 0.2) is 85.1 Å². The summed E-state index contributed by atoms with van der Waals surface area (Å²) in [6.45, 7) is 2.03. The van der Waals surface area contributed by atoms with E-state index in [1.165, 1.54) is 12.1 Å². The number of halogens is 1. The number of nitrogens with one attached hydrogen (secondary N) is 2. The van der Waals surface area contributed by atoms with Crippen molar-refractivity contribution >= 4 is 23.1 Å². The lowest BCUT2D eigenvalue weighted by Gasteiger charge is -2.15. The average molecular weight is 370 g/mol. The summed E-state index contributed by atoms with van der Waals surface area (Å²) in [6.07, 6.45) is 1.70. The Bertz CT molecular complexity index is 1080. The molecule has 0 aliphatic carbocycles. The van der Waals surface area contributed by atoms with Gasteiger partial charge in [0, 0.05) is 23.1 Å². The highest BCUT2D eigenvalue weighted by Crippen LogP contribution is 2.33. The van der Waals surface area contributed by atoms with E-state index in [1.807, 2.05) is 61.5 Å². The first-order valence-corrected chi connectivity index (χ1v) is 8.97. The van der Waals surface area contributed by atoms with Crippen LogP contribution in [-0.4, -0.2) is 9.97 Å². The Morgan fingerprint density at radius 3 is 2.36 bits per heavy atom. The smallest absolute Gasteiger partial charge is 0.229 e. The number of nitrogens with zero attached hydrogens (tertiary/aromatic N) is 2. The van der Waals surface area contributed by atoms with Gasteiger partial charge in [0.1, 0.15) is 11.6 Å². The Hall–Kier alpha value is -3.73. The molecule has 0 radical (unpaired) electrons. The second kappa shape index (κ2) is 7.88. The van der Waals surface area contributed by atoms with E-state index in [2.05, 4.69) is 20.6 Å². The number of aromatic nitrogens is 2. The van der Waals surface area contributed by atoms with Crippen molar-refractivity contribution in [3.63, 3.8) is 0 Å². The molecular weight excluding hydrogens is 351 g/mol. The highest BCUT2D eigenvalue weighted by molar-refractivity contribution is 5.83. The minimum atomic E-state index is -0.251. The van der Waals surface area contributed by atoms with Crippen LogP contribution in [0.3, 0.4) is 0 Å².